The first-order chi connectivity index (χ1) is 9.74. The smallest absolute Gasteiger partial charge is 0.329 e. The monoisotopic (exact) mass is 322 g/mol. The first-order valence-corrected chi connectivity index (χ1v) is 6.95. The Kier molecular flexibility index (Phi) is 5.69. The van der Waals surface area contributed by atoms with E-state index in [0.29, 0.717) is 12.1 Å². The number of carbonyl (C=O) groups is 1. The van der Waals surface area contributed by atoms with Crippen LogP contribution in [0.2, 0.25) is 0 Å². The minimum atomic E-state index is -4.30. The summed E-state index contributed by atoms with van der Waals surface area (Å²) < 4.78 is 43.6. The van der Waals surface area contributed by atoms with Gasteiger partial charge >= 0.3 is 5.97 Å². The first-order valence-electron chi connectivity index (χ1n) is 5.47. The summed E-state index contributed by atoms with van der Waals surface area (Å²) in [5.41, 5.74) is -0.570. The third-order valence-corrected chi connectivity index (χ3v) is 3.66. The minimum Gasteiger partial charge on any atom is -0.480 e. The summed E-state index contributed by atoms with van der Waals surface area (Å²) >= 11 is 0. The lowest BCUT2D eigenvalue weighted by Gasteiger charge is -2.07. The van der Waals surface area contributed by atoms with E-state index < -0.39 is 43.9 Å². The summed E-state index contributed by atoms with van der Waals surface area (Å²) in [5, 5.41) is 18.8. The molecule has 0 aliphatic rings. The minimum absolute atomic E-state index is 0.248. The van der Waals surface area contributed by atoms with E-state index in [0.717, 1.165) is 6.07 Å². The quantitative estimate of drug-likeness (QED) is 0.394. The van der Waals surface area contributed by atoms with Crippen LogP contribution in [0.1, 0.15) is 0 Å². The van der Waals surface area contributed by atoms with Gasteiger partial charge in [0.05, 0.1) is 11.5 Å². The van der Waals surface area contributed by atoms with Crippen LogP contribution in [-0.4, -0.2) is 44.2 Å². The topological polar surface area (TPSA) is 136 Å². The van der Waals surface area contributed by atoms with Crippen molar-refractivity contribution in [3.05, 3.63) is 34.1 Å². The molecule has 1 rings (SSSR count). The molecular formula is C10H11FN2O7S. The summed E-state index contributed by atoms with van der Waals surface area (Å²) in [6, 6.07) is 2.10. The maximum Gasteiger partial charge on any atom is 0.329 e. The summed E-state index contributed by atoms with van der Waals surface area (Å²) in [6.45, 7) is -1.16. The number of hydrogen-bond donors (Lipinski definition) is 2. The van der Waals surface area contributed by atoms with Crippen molar-refractivity contribution in [2.45, 2.75) is 4.90 Å². The van der Waals surface area contributed by atoms with E-state index in [1.165, 1.54) is 0 Å². The molecule has 0 spiro atoms. The van der Waals surface area contributed by atoms with Gasteiger partial charge in [-0.3, -0.25) is 10.1 Å². The third kappa shape index (κ3) is 5.06. The molecule has 0 heterocycles. The van der Waals surface area contributed by atoms with Crippen molar-refractivity contribution in [1.29, 1.82) is 0 Å². The Morgan fingerprint density at radius 1 is 1.48 bits per heavy atom. The highest BCUT2D eigenvalue weighted by Crippen LogP contribution is 2.20. The van der Waals surface area contributed by atoms with E-state index in [2.05, 4.69) is 4.74 Å². The van der Waals surface area contributed by atoms with E-state index in [9.17, 15) is 27.7 Å². The Bertz CT molecular complexity index is 647. The predicted molar refractivity (Wildman–Crippen MR) is 66.7 cm³/mol. The van der Waals surface area contributed by atoms with Crippen LogP contribution in [0.15, 0.2) is 23.1 Å². The zero-order chi connectivity index (χ0) is 16.0. The SMILES string of the molecule is O=C(O)COCCNS(=O)(=O)c1cc([N+](=O)[O-])ccc1F. The van der Waals surface area contributed by atoms with Gasteiger partial charge < -0.3 is 9.84 Å². The summed E-state index contributed by atoms with van der Waals surface area (Å²) in [4.78, 5) is 19.0. The average Bonchev–Trinajstić information content (AvgIpc) is 2.37. The van der Waals surface area contributed by atoms with Gasteiger partial charge in [-0.05, 0) is 6.07 Å². The van der Waals surface area contributed by atoms with Crippen LogP contribution in [-0.2, 0) is 19.6 Å². The number of halogens is 1. The van der Waals surface area contributed by atoms with Crippen LogP contribution in [0.3, 0.4) is 0 Å². The fourth-order valence-electron chi connectivity index (χ4n) is 1.30. The van der Waals surface area contributed by atoms with Crippen LogP contribution in [0.25, 0.3) is 0 Å². The van der Waals surface area contributed by atoms with Gasteiger partial charge in [0.2, 0.25) is 10.0 Å². The molecule has 0 fully saturated rings. The second kappa shape index (κ2) is 7.06. The molecule has 11 heteroatoms. The molecule has 1 aromatic rings. The lowest BCUT2D eigenvalue weighted by Crippen LogP contribution is -2.28. The molecule has 9 nitrogen and oxygen atoms in total. The largest absolute Gasteiger partial charge is 0.480 e. The molecule has 0 atom stereocenters. The summed E-state index contributed by atoms with van der Waals surface area (Å²) in [7, 11) is -4.30. The van der Waals surface area contributed by atoms with E-state index in [4.69, 9.17) is 5.11 Å². The fourth-order valence-corrected chi connectivity index (χ4v) is 2.41. The molecule has 0 aliphatic heterocycles. The van der Waals surface area contributed by atoms with Gasteiger partial charge in [-0.2, -0.15) is 0 Å². The van der Waals surface area contributed by atoms with Gasteiger partial charge in [-0.1, -0.05) is 0 Å². The number of ether oxygens (including phenoxy) is 1. The molecule has 116 valence electrons. The number of nitro groups is 1. The number of benzene rings is 1. The molecule has 0 radical (unpaired) electrons. The predicted octanol–water partition coefficient (Wildman–Crippen LogP) is 0.113. The van der Waals surface area contributed by atoms with E-state index in [1.807, 2.05) is 4.72 Å². The van der Waals surface area contributed by atoms with E-state index in [1.54, 1.807) is 0 Å². The Hall–Kier alpha value is -2.11. The Labute approximate surface area is 118 Å². The molecule has 2 N–H and O–H groups in total. The number of sulfonamides is 1. The Morgan fingerprint density at radius 2 is 2.14 bits per heavy atom. The van der Waals surface area contributed by atoms with Crippen LogP contribution in [0.4, 0.5) is 10.1 Å². The molecule has 0 amide bonds. The van der Waals surface area contributed by atoms with Gasteiger partial charge in [0.25, 0.3) is 5.69 Å². The number of aliphatic carboxylic acids is 1. The molecule has 0 aliphatic carbocycles. The standard InChI is InChI=1S/C10H11FN2O7S/c11-8-2-1-7(13(16)17)5-9(8)21(18,19)12-3-4-20-6-10(14)15/h1-2,5,12H,3-4,6H2,(H,14,15). The summed E-state index contributed by atoms with van der Waals surface area (Å²) in [5.74, 6) is -2.36. The van der Waals surface area contributed by atoms with Gasteiger partial charge in [0.1, 0.15) is 17.3 Å². The van der Waals surface area contributed by atoms with Crippen molar-refractivity contribution in [2.24, 2.45) is 0 Å². The van der Waals surface area contributed by atoms with E-state index in [-0.39, 0.29) is 13.2 Å². The number of hydrogen-bond acceptors (Lipinski definition) is 6. The molecule has 0 saturated heterocycles. The Morgan fingerprint density at radius 3 is 2.71 bits per heavy atom. The van der Waals surface area contributed by atoms with Crippen LogP contribution in [0, 0.1) is 15.9 Å². The number of carboxylic acid groups (broad SMARTS) is 1. The normalized spacial score (nSPS) is 11.3. The molecular weight excluding hydrogens is 311 g/mol. The van der Waals surface area contributed by atoms with Gasteiger partial charge in [-0.15, -0.1) is 0 Å². The average molecular weight is 322 g/mol. The van der Waals surface area contributed by atoms with Gasteiger partial charge in [0.15, 0.2) is 0 Å². The zero-order valence-corrected chi connectivity index (χ0v) is 11.3. The number of nitrogens with zero attached hydrogens (tertiary/aromatic N) is 1. The maximum atomic E-state index is 13.5. The number of nitrogens with one attached hydrogen (secondary N) is 1. The van der Waals surface area contributed by atoms with Crippen molar-refractivity contribution in [2.75, 3.05) is 19.8 Å². The highest BCUT2D eigenvalue weighted by Gasteiger charge is 2.22. The van der Waals surface area contributed by atoms with Crippen LogP contribution >= 0.6 is 0 Å². The lowest BCUT2D eigenvalue weighted by atomic mass is 10.3. The van der Waals surface area contributed by atoms with Crippen molar-refractivity contribution < 1.29 is 32.4 Å². The molecule has 0 unspecified atom stereocenters. The number of non-ortho nitro benzene ring substituents is 1. The maximum absolute atomic E-state index is 13.5. The molecule has 1 aromatic carbocycles. The van der Waals surface area contributed by atoms with Crippen molar-refractivity contribution in [1.82, 2.24) is 4.72 Å². The Balaban J connectivity index is 2.76. The zero-order valence-electron chi connectivity index (χ0n) is 10.5. The highest BCUT2D eigenvalue weighted by atomic mass is 32.2. The van der Waals surface area contributed by atoms with Gasteiger partial charge in [-0.25, -0.2) is 22.3 Å². The number of carboxylic acids is 1. The molecule has 21 heavy (non-hydrogen) atoms. The molecule has 0 aromatic heterocycles. The van der Waals surface area contributed by atoms with E-state index >= 15 is 0 Å². The number of nitro benzene ring substituents is 1. The van der Waals surface area contributed by atoms with Crippen molar-refractivity contribution in [3.63, 3.8) is 0 Å². The van der Waals surface area contributed by atoms with Crippen molar-refractivity contribution in [3.8, 4) is 0 Å². The number of rotatable bonds is 8. The lowest BCUT2D eigenvalue weighted by molar-refractivity contribution is -0.385. The second-order valence-corrected chi connectivity index (χ2v) is 5.45. The van der Waals surface area contributed by atoms with Crippen molar-refractivity contribution >= 4 is 21.7 Å². The highest BCUT2D eigenvalue weighted by molar-refractivity contribution is 7.89. The first kappa shape index (κ1) is 16.9. The second-order valence-electron chi connectivity index (χ2n) is 3.72. The van der Waals surface area contributed by atoms with Crippen LogP contribution < -0.4 is 4.72 Å². The van der Waals surface area contributed by atoms with Crippen LogP contribution in [0.5, 0.6) is 0 Å². The molecule has 0 saturated carbocycles. The fraction of sp³-hybridized carbons (Fsp3) is 0.300. The summed E-state index contributed by atoms with van der Waals surface area (Å²) in [6.07, 6.45) is 0. The third-order valence-electron chi connectivity index (χ3n) is 2.18. The molecule has 0 bridgehead atoms. The van der Waals surface area contributed by atoms with Gasteiger partial charge in [0, 0.05) is 18.7 Å².